The molecule has 2 atom stereocenters. The minimum atomic E-state index is -0.160. The van der Waals surface area contributed by atoms with Gasteiger partial charge < -0.3 is 10.2 Å². The summed E-state index contributed by atoms with van der Waals surface area (Å²) in [6, 6.07) is 0. The van der Waals surface area contributed by atoms with Crippen LogP contribution in [-0.2, 0) is 0 Å². The Morgan fingerprint density at radius 3 is 1.23 bits per heavy atom. The Labute approximate surface area is 196 Å². The van der Waals surface area contributed by atoms with E-state index in [4.69, 9.17) is 0 Å². The van der Waals surface area contributed by atoms with Crippen LogP contribution in [0.4, 0.5) is 0 Å². The van der Waals surface area contributed by atoms with Gasteiger partial charge in [0.2, 0.25) is 0 Å². The third-order valence-corrected chi connectivity index (χ3v) is 9.31. The summed E-state index contributed by atoms with van der Waals surface area (Å²) in [5, 5.41) is 20.3. The van der Waals surface area contributed by atoms with E-state index in [0.29, 0.717) is 11.5 Å². The quantitative estimate of drug-likeness (QED) is 0.428. The first-order valence-corrected chi connectivity index (χ1v) is 12.5. The van der Waals surface area contributed by atoms with Crippen LogP contribution in [-0.4, -0.2) is 19.7 Å². The molecule has 0 aromatic rings. The van der Waals surface area contributed by atoms with Gasteiger partial charge in [-0.3, -0.25) is 0 Å². The van der Waals surface area contributed by atoms with Crippen LogP contribution >= 0.6 is 11.8 Å². The fraction of sp³-hybridized carbons (Fsp3) is 0.714. The molecule has 0 fully saturated rings. The molecule has 0 aromatic carbocycles. The monoisotopic (exact) mass is 446 g/mol. The number of hydrogen-bond acceptors (Lipinski definition) is 3. The van der Waals surface area contributed by atoms with Gasteiger partial charge in [0.15, 0.2) is 0 Å². The van der Waals surface area contributed by atoms with Gasteiger partial charge in [-0.25, -0.2) is 0 Å². The van der Waals surface area contributed by atoms with E-state index < -0.39 is 0 Å². The van der Waals surface area contributed by atoms with E-state index in [0.717, 1.165) is 25.7 Å². The van der Waals surface area contributed by atoms with Crippen molar-refractivity contribution in [2.24, 2.45) is 21.7 Å². The van der Waals surface area contributed by atoms with Crippen LogP contribution in [0.5, 0.6) is 0 Å². The van der Waals surface area contributed by atoms with E-state index >= 15 is 0 Å². The van der Waals surface area contributed by atoms with Gasteiger partial charge in [0.1, 0.15) is 11.5 Å². The second-order valence-corrected chi connectivity index (χ2v) is 15.1. The molecule has 0 heterocycles. The van der Waals surface area contributed by atoms with E-state index in [1.54, 1.807) is 0 Å². The van der Waals surface area contributed by atoms with E-state index in [-0.39, 0.29) is 31.2 Å². The van der Waals surface area contributed by atoms with E-state index in [9.17, 15) is 10.2 Å². The minimum Gasteiger partial charge on any atom is -0.508 e. The number of rotatable bonds is 6. The molecular formula is C28H46O2S. The Bertz CT molecular complexity index is 717. The molecule has 2 nitrogen and oxygen atoms in total. The maximum Gasteiger partial charge on any atom is 0.111 e. The second-order valence-electron chi connectivity index (χ2n) is 13.5. The molecule has 2 aliphatic rings. The Hall–Kier alpha value is -1.09. The number of allylic oxidation sites excluding steroid dienone is 4. The topological polar surface area (TPSA) is 40.5 Å². The van der Waals surface area contributed by atoms with Crippen LogP contribution in [0.2, 0.25) is 0 Å². The molecule has 31 heavy (non-hydrogen) atoms. The Morgan fingerprint density at radius 1 is 0.677 bits per heavy atom. The molecule has 0 aliphatic heterocycles. The van der Waals surface area contributed by atoms with Crippen molar-refractivity contribution in [1.82, 2.24) is 0 Å². The highest BCUT2D eigenvalue weighted by molar-refractivity contribution is 8.02. The molecule has 2 N–H and O–H groups in total. The molecule has 3 heteroatoms. The van der Waals surface area contributed by atoms with Crippen LogP contribution in [0.3, 0.4) is 0 Å². The largest absolute Gasteiger partial charge is 0.508 e. The Morgan fingerprint density at radius 2 is 1.00 bits per heavy atom. The zero-order valence-electron chi connectivity index (χ0n) is 21.6. The highest BCUT2D eigenvalue weighted by atomic mass is 32.2. The molecule has 0 amide bonds. The summed E-state index contributed by atoms with van der Waals surface area (Å²) >= 11 is 2.05. The fourth-order valence-corrected chi connectivity index (χ4v) is 7.88. The number of hydrogen-bond donors (Lipinski definition) is 2. The summed E-state index contributed by atoms with van der Waals surface area (Å²) in [6.45, 7) is 23.4. The predicted molar refractivity (Wildman–Crippen MR) is 138 cm³/mol. The molecule has 0 radical (unpaired) electrons. The summed E-state index contributed by atoms with van der Waals surface area (Å²) in [5.74, 6) is 0.727. The number of aliphatic hydroxyl groups is 2. The maximum absolute atomic E-state index is 10.2. The molecule has 0 saturated carbocycles. The molecule has 0 saturated heterocycles. The first-order valence-electron chi connectivity index (χ1n) is 11.7. The lowest BCUT2D eigenvalue weighted by atomic mass is 9.65. The molecule has 0 spiro atoms. The first kappa shape index (κ1) is 26.2. The highest BCUT2D eigenvalue weighted by Gasteiger charge is 2.54. The molecule has 0 aromatic heterocycles. The Kier molecular flexibility index (Phi) is 7.05. The van der Waals surface area contributed by atoms with Crippen LogP contribution in [0.15, 0.2) is 48.0 Å². The lowest BCUT2D eigenvalue weighted by Crippen LogP contribution is -2.51. The average molecular weight is 447 g/mol. The lowest BCUT2D eigenvalue weighted by Gasteiger charge is -2.56. The first-order chi connectivity index (χ1) is 13.8. The molecular weight excluding hydrogens is 400 g/mol. The smallest absolute Gasteiger partial charge is 0.111 e. The van der Waals surface area contributed by atoms with E-state index in [2.05, 4.69) is 93.2 Å². The van der Waals surface area contributed by atoms with Crippen LogP contribution in [0.1, 0.15) is 94.9 Å². The van der Waals surface area contributed by atoms with Crippen molar-refractivity contribution in [3.05, 3.63) is 48.0 Å². The molecule has 2 rings (SSSR count). The van der Waals surface area contributed by atoms with Gasteiger partial charge in [-0.1, -0.05) is 81.4 Å². The summed E-state index contributed by atoms with van der Waals surface area (Å²) in [4.78, 5) is 0. The zero-order valence-corrected chi connectivity index (χ0v) is 22.4. The summed E-state index contributed by atoms with van der Waals surface area (Å²) < 4.78 is -0.320. The third-order valence-electron chi connectivity index (χ3n) is 6.88. The highest BCUT2D eigenvalue weighted by Crippen LogP contribution is 2.63. The minimum absolute atomic E-state index is 0.00543. The van der Waals surface area contributed by atoms with Crippen molar-refractivity contribution in [3.8, 4) is 0 Å². The van der Waals surface area contributed by atoms with Crippen molar-refractivity contribution in [3.63, 3.8) is 0 Å². The molecule has 2 unspecified atom stereocenters. The van der Waals surface area contributed by atoms with Gasteiger partial charge in [0.05, 0.1) is 0 Å². The van der Waals surface area contributed by atoms with Crippen molar-refractivity contribution < 1.29 is 10.2 Å². The maximum atomic E-state index is 10.2. The van der Waals surface area contributed by atoms with Gasteiger partial charge in [-0.15, -0.1) is 11.8 Å². The predicted octanol–water partition coefficient (Wildman–Crippen LogP) is 8.93. The summed E-state index contributed by atoms with van der Waals surface area (Å²) in [7, 11) is 0. The normalized spacial score (nSPS) is 27.8. The number of thioether (sulfide) groups is 1. The molecule has 0 bridgehead atoms. The lowest BCUT2D eigenvalue weighted by molar-refractivity contribution is 0.161. The summed E-state index contributed by atoms with van der Waals surface area (Å²) in [5.41, 5.74) is 0.405. The standard InChI is InChI=1S/C28H46O2S/c1-23(2,3)19-25(7,8)27(15-11-21(29)12-16-27)31-28(17-13-22(30)14-18-28)26(9,10)20-24(4,5)6/h11-15,17,29-30H,16,18-20H2,1-10H3. The van der Waals surface area contributed by atoms with Gasteiger partial charge in [-0.2, -0.15) is 0 Å². The van der Waals surface area contributed by atoms with Gasteiger partial charge >= 0.3 is 0 Å². The van der Waals surface area contributed by atoms with Crippen LogP contribution < -0.4 is 0 Å². The van der Waals surface area contributed by atoms with Gasteiger partial charge in [0, 0.05) is 9.49 Å². The van der Waals surface area contributed by atoms with Crippen LogP contribution in [0, 0.1) is 21.7 Å². The number of aliphatic hydroxyl groups excluding tert-OH is 2. The molecule has 2 aliphatic carbocycles. The van der Waals surface area contributed by atoms with Crippen molar-refractivity contribution in [1.29, 1.82) is 0 Å². The van der Waals surface area contributed by atoms with Crippen molar-refractivity contribution in [2.75, 3.05) is 0 Å². The van der Waals surface area contributed by atoms with Gasteiger partial charge in [0.25, 0.3) is 0 Å². The average Bonchev–Trinajstić information content (AvgIpc) is 2.54. The van der Waals surface area contributed by atoms with Crippen molar-refractivity contribution >= 4 is 11.8 Å². The SMILES string of the molecule is CC(C)(C)CC(C)(C)C1(SC2(C(C)(C)CC(C)(C)C)C=CC(O)=CC2)C=CC(O)=CC1. The van der Waals surface area contributed by atoms with Crippen LogP contribution in [0.25, 0.3) is 0 Å². The third kappa shape index (κ3) is 6.03. The Balaban J connectivity index is 2.60. The zero-order chi connectivity index (χ0) is 23.9. The fourth-order valence-electron chi connectivity index (χ4n) is 5.93. The van der Waals surface area contributed by atoms with Crippen molar-refractivity contribution in [2.45, 2.75) is 104 Å². The van der Waals surface area contributed by atoms with E-state index in [1.807, 2.05) is 24.3 Å². The van der Waals surface area contributed by atoms with E-state index in [1.165, 1.54) is 0 Å². The summed E-state index contributed by atoms with van der Waals surface area (Å²) in [6.07, 6.45) is 16.1. The molecule has 176 valence electrons. The van der Waals surface area contributed by atoms with Gasteiger partial charge in [-0.05, 0) is 71.6 Å². The second kappa shape index (κ2) is 8.36.